The first-order valence-corrected chi connectivity index (χ1v) is 6.17. The average molecular weight is 246 g/mol. The van der Waals surface area contributed by atoms with Crippen molar-refractivity contribution >= 4 is 11.6 Å². The normalized spacial score (nSPS) is 10.9. The summed E-state index contributed by atoms with van der Waals surface area (Å²) in [5.74, 6) is 0. The minimum absolute atomic E-state index is 0.683. The van der Waals surface area contributed by atoms with Gasteiger partial charge in [-0.15, -0.1) is 0 Å². The smallest absolute Gasteiger partial charge is 0.0785 e. The van der Waals surface area contributed by atoms with Crippen LogP contribution in [-0.4, -0.2) is 36.1 Å². The Morgan fingerprint density at radius 3 is 3.00 bits per heavy atom. The van der Waals surface area contributed by atoms with E-state index in [0.717, 1.165) is 39.3 Å². The first-order valence-electron chi connectivity index (χ1n) is 5.79. The molecule has 0 radical (unpaired) electrons. The van der Waals surface area contributed by atoms with Crippen LogP contribution in [-0.2, 0) is 11.3 Å². The van der Waals surface area contributed by atoms with Crippen molar-refractivity contribution in [1.82, 2.24) is 15.1 Å². The Morgan fingerprint density at radius 2 is 2.31 bits per heavy atom. The number of nitrogens with zero attached hydrogens (tertiary/aromatic N) is 2. The molecule has 4 nitrogen and oxygen atoms in total. The molecule has 0 fully saturated rings. The van der Waals surface area contributed by atoms with Crippen LogP contribution in [0.25, 0.3) is 0 Å². The number of hydrogen-bond donors (Lipinski definition) is 1. The van der Waals surface area contributed by atoms with Gasteiger partial charge in [0.15, 0.2) is 0 Å². The highest BCUT2D eigenvalue weighted by atomic mass is 35.5. The molecule has 0 saturated carbocycles. The zero-order valence-corrected chi connectivity index (χ0v) is 10.5. The lowest BCUT2D eigenvalue weighted by Gasteiger charge is -2.05. The maximum absolute atomic E-state index is 5.75. The lowest BCUT2D eigenvalue weighted by Crippen LogP contribution is -2.24. The number of halogens is 1. The lowest BCUT2D eigenvalue weighted by molar-refractivity contribution is 0.133. The summed E-state index contributed by atoms with van der Waals surface area (Å²) in [5, 5.41) is 8.06. The average Bonchev–Trinajstić information content (AvgIpc) is 2.68. The number of ether oxygens (including phenoxy) is 1. The van der Waals surface area contributed by atoms with E-state index in [9.17, 15) is 0 Å². The molecule has 0 atom stereocenters. The molecule has 1 N–H and O–H groups in total. The highest BCUT2D eigenvalue weighted by molar-refractivity contribution is 6.30. The summed E-state index contributed by atoms with van der Waals surface area (Å²) < 4.78 is 7.25. The maximum Gasteiger partial charge on any atom is 0.0785 e. The predicted octanol–water partition coefficient (Wildman–Crippen LogP) is 1.94. The molecule has 1 aromatic heterocycles. The number of aromatic nitrogens is 2. The quantitative estimate of drug-likeness (QED) is 0.676. The van der Waals surface area contributed by atoms with Crippen LogP contribution in [0.2, 0.25) is 5.02 Å². The van der Waals surface area contributed by atoms with Crippen LogP contribution in [0.5, 0.6) is 0 Å². The minimum atomic E-state index is 0.683. The largest absolute Gasteiger partial charge is 0.380 e. The second-order valence-corrected chi connectivity index (χ2v) is 4.07. The minimum Gasteiger partial charge on any atom is -0.380 e. The van der Waals surface area contributed by atoms with E-state index in [2.05, 4.69) is 17.3 Å². The summed E-state index contributed by atoms with van der Waals surface area (Å²) in [6, 6.07) is 0. The molecule has 0 bridgehead atoms. The molecule has 1 aromatic rings. The van der Waals surface area contributed by atoms with E-state index in [1.54, 1.807) is 6.20 Å². The van der Waals surface area contributed by atoms with Crippen molar-refractivity contribution in [2.75, 3.05) is 26.3 Å². The SMILES string of the molecule is CCCCOCCNCCn1cc(Cl)cn1. The van der Waals surface area contributed by atoms with Gasteiger partial charge in [0, 0.05) is 25.9 Å². The fraction of sp³-hybridized carbons (Fsp3) is 0.727. The molecule has 5 heteroatoms. The standard InChI is InChI=1S/C11H20ClN3O/c1-2-3-7-16-8-5-13-4-6-15-10-11(12)9-14-15/h9-10,13H,2-8H2,1H3. The Kier molecular flexibility index (Phi) is 7.21. The molecule has 0 aliphatic heterocycles. The van der Waals surface area contributed by atoms with Crippen LogP contribution >= 0.6 is 11.6 Å². The molecule has 0 unspecified atom stereocenters. The Balaban J connectivity index is 1.88. The highest BCUT2D eigenvalue weighted by Gasteiger charge is 1.94. The van der Waals surface area contributed by atoms with E-state index in [-0.39, 0.29) is 0 Å². The van der Waals surface area contributed by atoms with Gasteiger partial charge in [-0.1, -0.05) is 24.9 Å². The van der Waals surface area contributed by atoms with Gasteiger partial charge in [-0.2, -0.15) is 5.10 Å². The Labute approximate surface area is 102 Å². The van der Waals surface area contributed by atoms with E-state index < -0.39 is 0 Å². The molecule has 0 spiro atoms. The molecule has 92 valence electrons. The number of unbranched alkanes of at least 4 members (excludes halogenated alkanes) is 1. The third-order valence-electron chi connectivity index (χ3n) is 2.18. The summed E-state index contributed by atoms with van der Waals surface area (Å²) in [4.78, 5) is 0. The van der Waals surface area contributed by atoms with E-state index in [4.69, 9.17) is 16.3 Å². The molecule has 1 rings (SSSR count). The fourth-order valence-corrected chi connectivity index (χ4v) is 1.43. The van der Waals surface area contributed by atoms with E-state index in [0.29, 0.717) is 5.02 Å². The lowest BCUT2D eigenvalue weighted by atomic mass is 10.4. The van der Waals surface area contributed by atoms with Crippen LogP contribution < -0.4 is 5.32 Å². The van der Waals surface area contributed by atoms with Crippen LogP contribution in [0.3, 0.4) is 0 Å². The van der Waals surface area contributed by atoms with Crippen LogP contribution in [0.15, 0.2) is 12.4 Å². The first kappa shape index (κ1) is 13.5. The summed E-state index contributed by atoms with van der Waals surface area (Å²) in [5.41, 5.74) is 0. The van der Waals surface area contributed by atoms with Crippen LogP contribution in [0.1, 0.15) is 19.8 Å². The summed E-state index contributed by atoms with van der Waals surface area (Å²) in [6.45, 7) is 6.42. The molecule has 0 aliphatic rings. The van der Waals surface area contributed by atoms with E-state index >= 15 is 0 Å². The third kappa shape index (κ3) is 6.10. The topological polar surface area (TPSA) is 39.1 Å². The molecule has 1 heterocycles. The second kappa shape index (κ2) is 8.56. The van der Waals surface area contributed by atoms with Crippen molar-refractivity contribution in [3.05, 3.63) is 17.4 Å². The molecule has 16 heavy (non-hydrogen) atoms. The second-order valence-electron chi connectivity index (χ2n) is 3.64. The summed E-state index contributed by atoms with van der Waals surface area (Å²) in [7, 11) is 0. The first-order chi connectivity index (χ1) is 7.83. The van der Waals surface area contributed by atoms with Gasteiger partial charge in [-0.05, 0) is 6.42 Å². The van der Waals surface area contributed by atoms with Crippen LogP contribution in [0.4, 0.5) is 0 Å². The Bertz CT molecular complexity index is 278. The Morgan fingerprint density at radius 1 is 1.44 bits per heavy atom. The molecular weight excluding hydrogens is 226 g/mol. The van der Waals surface area contributed by atoms with Gasteiger partial charge in [0.2, 0.25) is 0 Å². The van der Waals surface area contributed by atoms with Crippen LogP contribution in [0, 0.1) is 0 Å². The van der Waals surface area contributed by atoms with Gasteiger partial charge >= 0.3 is 0 Å². The van der Waals surface area contributed by atoms with Crippen molar-refractivity contribution in [2.24, 2.45) is 0 Å². The number of hydrogen-bond acceptors (Lipinski definition) is 3. The number of rotatable bonds is 9. The number of nitrogens with one attached hydrogen (secondary N) is 1. The maximum atomic E-state index is 5.75. The summed E-state index contributed by atoms with van der Waals surface area (Å²) in [6.07, 6.45) is 5.80. The van der Waals surface area contributed by atoms with E-state index in [1.165, 1.54) is 6.42 Å². The monoisotopic (exact) mass is 245 g/mol. The van der Waals surface area contributed by atoms with Crippen molar-refractivity contribution in [1.29, 1.82) is 0 Å². The molecular formula is C11H20ClN3O. The highest BCUT2D eigenvalue weighted by Crippen LogP contribution is 2.03. The van der Waals surface area contributed by atoms with Crippen molar-refractivity contribution in [3.63, 3.8) is 0 Å². The van der Waals surface area contributed by atoms with Gasteiger partial charge in [-0.25, -0.2) is 0 Å². The van der Waals surface area contributed by atoms with Gasteiger partial charge in [0.1, 0.15) is 0 Å². The zero-order valence-electron chi connectivity index (χ0n) is 9.79. The Hall–Kier alpha value is -0.580. The molecule has 0 amide bonds. The third-order valence-corrected chi connectivity index (χ3v) is 2.38. The predicted molar refractivity (Wildman–Crippen MR) is 65.8 cm³/mol. The molecule has 0 saturated heterocycles. The molecule has 0 aliphatic carbocycles. The molecule has 0 aromatic carbocycles. The zero-order chi connectivity index (χ0) is 11.6. The van der Waals surface area contributed by atoms with Gasteiger partial charge in [0.25, 0.3) is 0 Å². The van der Waals surface area contributed by atoms with Gasteiger partial charge < -0.3 is 10.1 Å². The van der Waals surface area contributed by atoms with Gasteiger partial charge in [0.05, 0.1) is 24.4 Å². The fourth-order valence-electron chi connectivity index (χ4n) is 1.27. The van der Waals surface area contributed by atoms with Crippen molar-refractivity contribution in [2.45, 2.75) is 26.3 Å². The van der Waals surface area contributed by atoms with Gasteiger partial charge in [-0.3, -0.25) is 4.68 Å². The summed E-state index contributed by atoms with van der Waals surface area (Å²) >= 11 is 5.75. The van der Waals surface area contributed by atoms with Crippen molar-refractivity contribution in [3.8, 4) is 0 Å². The van der Waals surface area contributed by atoms with Crippen molar-refractivity contribution < 1.29 is 4.74 Å². The van der Waals surface area contributed by atoms with E-state index in [1.807, 2.05) is 10.9 Å².